The van der Waals surface area contributed by atoms with Gasteiger partial charge in [-0.25, -0.2) is 0 Å². The number of nitrogens with one attached hydrogen (secondary N) is 2. The lowest BCUT2D eigenvalue weighted by atomic mass is 9.69. The highest BCUT2D eigenvalue weighted by molar-refractivity contribution is 7.21. The van der Waals surface area contributed by atoms with Crippen molar-refractivity contribution >= 4 is 44.7 Å². The van der Waals surface area contributed by atoms with E-state index in [0.29, 0.717) is 61.9 Å². The van der Waals surface area contributed by atoms with Crippen LogP contribution < -0.4 is 32.6 Å². The van der Waals surface area contributed by atoms with E-state index in [1.807, 2.05) is 50.2 Å². The molecule has 3 aromatic carbocycles. The quantitative estimate of drug-likeness (QED) is 0.194. The van der Waals surface area contributed by atoms with Crippen molar-refractivity contribution in [2.24, 2.45) is 11.5 Å². The smallest absolute Gasteiger partial charge is 0.262 e. The van der Waals surface area contributed by atoms with E-state index in [0.717, 1.165) is 18.4 Å². The monoisotopic (exact) mass is 626 g/mol. The van der Waals surface area contributed by atoms with E-state index in [1.165, 1.54) is 11.3 Å². The molecule has 234 valence electrons. The number of ketones is 1. The Hall–Kier alpha value is -4.29. The number of likely N-dealkylation sites (N-methyl/N-ethyl adjacent to an activating group) is 1. The Morgan fingerprint density at radius 2 is 1.82 bits per heavy atom. The Morgan fingerprint density at radius 1 is 1.09 bits per heavy atom. The van der Waals surface area contributed by atoms with Gasteiger partial charge in [0.15, 0.2) is 5.78 Å². The van der Waals surface area contributed by atoms with Crippen LogP contribution in [0.4, 0.5) is 5.69 Å². The number of aryl methyl sites for hydroxylation is 1. The number of nitrogens with zero attached hydrogens (tertiary/aromatic N) is 1. The van der Waals surface area contributed by atoms with Crippen LogP contribution in [0.3, 0.4) is 0 Å². The molecule has 6 rings (SSSR count). The van der Waals surface area contributed by atoms with Crippen molar-refractivity contribution in [1.82, 2.24) is 15.5 Å². The summed E-state index contributed by atoms with van der Waals surface area (Å²) >= 11 is 1.22. The first kappa shape index (κ1) is 30.7. The lowest BCUT2D eigenvalue weighted by Gasteiger charge is -2.37. The number of piperidine rings is 1. The average molecular weight is 627 g/mol. The number of Topliss-reactive ketones (excluding diaryl/α,β-unsaturated/α-hetero) is 1. The maximum absolute atomic E-state index is 14.2. The Labute approximate surface area is 265 Å². The third kappa shape index (κ3) is 5.25. The number of rotatable bonds is 7. The summed E-state index contributed by atoms with van der Waals surface area (Å²) in [7, 11) is 1.75. The number of thiophene rings is 1. The molecular formula is C34H38N6O4S. The molecule has 1 aromatic heterocycles. The fourth-order valence-electron chi connectivity index (χ4n) is 6.54. The number of carbonyl (C=O) groups excluding carboxylic acids is 3. The van der Waals surface area contributed by atoms with Gasteiger partial charge in [0.2, 0.25) is 5.91 Å². The van der Waals surface area contributed by atoms with Crippen LogP contribution in [-0.2, 0) is 15.1 Å². The first-order chi connectivity index (χ1) is 21.5. The van der Waals surface area contributed by atoms with Gasteiger partial charge < -0.3 is 37.5 Å². The Kier molecular flexibility index (Phi) is 8.13. The summed E-state index contributed by atoms with van der Waals surface area (Å²) in [6.45, 7) is 4.75. The minimum absolute atomic E-state index is 0.00678. The first-order valence-electron chi connectivity index (χ1n) is 15.1. The zero-order valence-electron chi connectivity index (χ0n) is 25.6. The van der Waals surface area contributed by atoms with Gasteiger partial charge in [0.25, 0.3) is 5.91 Å². The molecule has 8 N–H and O–H groups in total. The van der Waals surface area contributed by atoms with E-state index in [2.05, 4.69) is 10.6 Å². The molecule has 2 unspecified atom stereocenters. The Morgan fingerprint density at radius 3 is 2.53 bits per heavy atom. The van der Waals surface area contributed by atoms with E-state index in [1.54, 1.807) is 36.2 Å². The summed E-state index contributed by atoms with van der Waals surface area (Å²) in [6.07, 6.45) is 1.50. The second-order valence-corrected chi connectivity index (χ2v) is 12.9. The summed E-state index contributed by atoms with van der Waals surface area (Å²) in [5, 5.41) is 6.73. The van der Waals surface area contributed by atoms with Crippen LogP contribution in [0.15, 0.2) is 60.7 Å². The molecule has 2 heterocycles. The first-order valence-corrected chi connectivity index (χ1v) is 15.9. The molecule has 45 heavy (non-hydrogen) atoms. The lowest BCUT2D eigenvalue weighted by Crippen LogP contribution is -2.54. The predicted octanol–water partition coefficient (Wildman–Crippen LogP) is 3.70. The van der Waals surface area contributed by atoms with Gasteiger partial charge in [-0.3, -0.25) is 14.4 Å². The number of para-hydroxylation sites is 1. The molecule has 10 nitrogen and oxygen atoms in total. The zero-order valence-corrected chi connectivity index (χ0v) is 26.4. The van der Waals surface area contributed by atoms with Gasteiger partial charge in [-0.2, -0.15) is 0 Å². The number of ether oxygens (including phenoxy) is 1. The van der Waals surface area contributed by atoms with Gasteiger partial charge in [0, 0.05) is 35.8 Å². The molecule has 0 bridgehead atoms. The molecule has 0 saturated carbocycles. The maximum atomic E-state index is 14.2. The van der Waals surface area contributed by atoms with Crippen molar-refractivity contribution in [3.63, 3.8) is 0 Å². The molecular weight excluding hydrogens is 588 g/mol. The third-order valence-corrected chi connectivity index (χ3v) is 10.2. The van der Waals surface area contributed by atoms with Crippen LogP contribution in [0, 0.1) is 6.92 Å². The number of likely N-dealkylation sites (tertiary alicyclic amines) is 1. The molecule has 1 fully saturated rings. The van der Waals surface area contributed by atoms with Crippen molar-refractivity contribution in [2.45, 2.75) is 50.4 Å². The SMILES string of the molecule is CN[C@H](C)C(=O)N1CCC[C@@H](NC(=O)c2sc3c(N)ccc4c3c2C(N)C(=O)C4(N)c2ccc(Oc3ccccc3)cc2C)C1. The van der Waals surface area contributed by atoms with Gasteiger partial charge >= 0.3 is 0 Å². The van der Waals surface area contributed by atoms with Crippen LogP contribution in [-0.4, -0.2) is 54.7 Å². The highest BCUT2D eigenvalue weighted by atomic mass is 32.1. The van der Waals surface area contributed by atoms with Crippen molar-refractivity contribution in [2.75, 3.05) is 25.9 Å². The number of anilines is 1. The second-order valence-electron chi connectivity index (χ2n) is 11.9. The maximum Gasteiger partial charge on any atom is 0.262 e. The van der Waals surface area contributed by atoms with Gasteiger partial charge in [-0.15, -0.1) is 11.3 Å². The van der Waals surface area contributed by atoms with Crippen molar-refractivity contribution in [3.8, 4) is 11.5 Å². The summed E-state index contributed by atoms with van der Waals surface area (Å²) in [6, 6.07) is 16.6. The Bertz CT molecular complexity index is 1810. The fourth-order valence-corrected chi connectivity index (χ4v) is 7.74. The van der Waals surface area contributed by atoms with Crippen molar-refractivity contribution in [1.29, 1.82) is 0 Å². The molecule has 11 heteroatoms. The van der Waals surface area contributed by atoms with Gasteiger partial charge in [0.1, 0.15) is 17.0 Å². The molecule has 0 spiro atoms. The predicted molar refractivity (Wildman–Crippen MR) is 176 cm³/mol. The molecule has 1 saturated heterocycles. The van der Waals surface area contributed by atoms with E-state index >= 15 is 0 Å². The molecule has 4 aromatic rings. The zero-order chi connectivity index (χ0) is 32.0. The highest BCUT2D eigenvalue weighted by Crippen LogP contribution is 2.50. The van der Waals surface area contributed by atoms with Crippen LogP contribution in [0.2, 0.25) is 0 Å². The number of amides is 2. The largest absolute Gasteiger partial charge is 0.457 e. The van der Waals surface area contributed by atoms with E-state index in [4.69, 9.17) is 21.9 Å². The number of nitrogen functional groups attached to an aromatic ring is 1. The minimum atomic E-state index is -1.57. The summed E-state index contributed by atoms with van der Waals surface area (Å²) in [5.74, 6) is 0.539. The van der Waals surface area contributed by atoms with Gasteiger partial charge in [-0.05, 0) is 80.8 Å². The number of carbonyl (C=O) groups is 3. The molecule has 4 atom stereocenters. The lowest BCUT2D eigenvalue weighted by molar-refractivity contribution is -0.134. The average Bonchev–Trinajstić information content (AvgIpc) is 3.45. The van der Waals surface area contributed by atoms with E-state index < -0.39 is 17.4 Å². The summed E-state index contributed by atoms with van der Waals surface area (Å²) in [4.78, 5) is 43.0. The summed E-state index contributed by atoms with van der Waals surface area (Å²) in [5.41, 5.74) is 21.5. The van der Waals surface area contributed by atoms with E-state index in [-0.39, 0.29) is 23.9 Å². The molecule has 1 aliphatic carbocycles. The number of hydrogen-bond donors (Lipinski definition) is 5. The topological polar surface area (TPSA) is 166 Å². The molecule has 2 amide bonds. The summed E-state index contributed by atoms with van der Waals surface area (Å²) < 4.78 is 6.67. The normalized spacial score (nSPS) is 21.9. The fraction of sp³-hybridized carbons (Fsp3) is 0.324. The molecule has 0 radical (unpaired) electrons. The third-order valence-electron chi connectivity index (χ3n) is 8.99. The van der Waals surface area contributed by atoms with Crippen LogP contribution >= 0.6 is 11.3 Å². The Balaban J connectivity index is 1.36. The van der Waals surface area contributed by atoms with E-state index in [9.17, 15) is 14.4 Å². The standard InChI is InChI=1S/C34H38N6O4S/c1-18-16-22(44-21-9-5-4-6-10-21)11-12-23(18)34(37)24-13-14-25(35)29-26(24)27(28(36)31(34)41)30(45-29)32(42)39-20-8-7-15-40(17-20)33(43)19(2)38-3/h4-6,9-14,16,19-20,28,38H,7-8,15,17,35-37H2,1-3H3,(H,39,42)/t19-,20-,28?,34?/m1/s1. The van der Waals surface area contributed by atoms with Crippen molar-refractivity contribution < 1.29 is 19.1 Å². The number of hydrogen-bond acceptors (Lipinski definition) is 9. The number of nitrogens with two attached hydrogens (primary N) is 3. The molecule has 2 aliphatic rings. The second kappa shape index (κ2) is 11.9. The number of benzene rings is 3. The van der Waals surface area contributed by atoms with Crippen molar-refractivity contribution in [3.05, 3.63) is 87.8 Å². The van der Waals surface area contributed by atoms with Gasteiger partial charge in [-0.1, -0.05) is 30.3 Å². The van der Waals surface area contributed by atoms with Gasteiger partial charge in [0.05, 0.1) is 21.7 Å². The van der Waals surface area contributed by atoms with Crippen LogP contribution in [0.1, 0.15) is 57.7 Å². The van der Waals surface area contributed by atoms with Crippen LogP contribution in [0.25, 0.3) is 10.1 Å². The molecule has 1 aliphatic heterocycles. The minimum Gasteiger partial charge on any atom is -0.457 e. The van der Waals surface area contributed by atoms with Crippen LogP contribution in [0.5, 0.6) is 11.5 Å². The highest BCUT2D eigenvalue weighted by Gasteiger charge is 2.49.